The largest absolute Gasteiger partial charge is 0.466 e. The standard InChI is InChI=1S/C35H64O2/c1-3-5-7-9-11-13-15-17-19-21-23-25-27-29-31-33-35(36)37-34-32-30-28-26-24-22-20-18-16-14-12-10-8-6-4-2/h9,11,13,15,17,19H,3-8,10,12,14,16,18,20-34H2,1-2H3. The summed E-state index contributed by atoms with van der Waals surface area (Å²) < 4.78 is 5.42. The van der Waals surface area contributed by atoms with Crippen LogP contribution in [0.1, 0.15) is 174 Å². The molecule has 0 saturated carbocycles. The van der Waals surface area contributed by atoms with Gasteiger partial charge in [0.15, 0.2) is 0 Å². The van der Waals surface area contributed by atoms with Crippen molar-refractivity contribution in [3.05, 3.63) is 36.5 Å². The molecule has 0 aliphatic heterocycles. The molecule has 0 aromatic heterocycles. The van der Waals surface area contributed by atoms with Gasteiger partial charge in [-0.3, -0.25) is 4.79 Å². The normalized spacial score (nSPS) is 11.9. The van der Waals surface area contributed by atoms with E-state index in [1.807, 2.05) is 0 Å². The van der Waals surface area contributed by atoms with Gasteiger partial charge in [-0.25, -0.2) is 0 Å². The first kappa shape index (κ1) is 35.7. The number of hydrogen-bond donors (Lipinski definition) is 0. The Bertz CT molecular complexity index is 531. The highest BCUT2D eigenvalue weighted by molar-refractivity contribution is 5.69. The van der Waals surface area contributed by atoms with Gasteiger partial charge in [0.1, 0.15) is 0 Å². The summed E-state index contributed by atoms with van der Waals surface area (Å²) in [5, 5.41) is 0. The van der Waals surface area contributed by atoms with Crippen LogP contribution in [0, 0.1) is 0 Å². The maximum atomic E-state index is 11.9. The van der Waals surface area contributed by atoms with E-state index in [1.165, 1.54) is 128 Å². The van der Waals surface area contributed by atoms with Crippen LogP contribution < -0.4 is 0 Å². The highest BCUT2D eigenvalue weighted by atomic mass is 16.5. The fourth-order valence-corrected chi connectivity index (χ4v) is 4.59. The molecule has 0 amide bonds. The van der Waals surface area contributed by atoms with Crippen molar-refractivity contribution in [3.8, 4) is 0 Å². The molecule has 0 aliphatic rings. The highest BCUT2D eigenvalue weighted by Crippen LogP contribution is 2.13. The first-order valence-electron chi connectivity index (χ1n) is 16.4. The van der Waals surface area contributed by atoms with Gasteiger partial charge in [-0.1, -0.05) is 172 Å². The van der Waals surface area contributed by atoms with Crippen molar-refractivity contribution >= 4 is 5.97 Å². The van der Waals surface area contributed by atoms with Crippen molar-refractivity contribution in [3.63, 3.8) is 0 Å². The number of allylic oxidation sites excluding steroid dienone is 6. The Balaban J connectivity index is 3.25. The molecule has 2 nitrogen and oxygen atoms in total. The lowest BCUT2D eigenvalue weighted by molar-refractivity contribution is -0.143. The monoisotopic (exact) mass is 516 g/mol. The molecule has 0 atom stereocenters. The third kappa shape index (κ3) is 32.7. The van der Waals surface area contributed by atoms with E-state index in [4.69, 9.17) is 4.74 Å². The van der Waals surface area contributed by atoms with Crippen LogP contribution in [-0.4, -0.2) is 12.6 Å². The summed E-state index contributed by atoms with van der Waals surface area (Å²) in [4.78, 5) is 11.9. The molecule has 0 aromatic carbocycles. The van der Waals surface area contributed by atoms with Crippen LogP contribution in [0.3, 0.4) is 0 Å². The molecular formula is C35H64O2. The smallest absolute Gasteiger partial charge is 0.305 e. The summed E-state index contributed by atoms with van der Waals surface area (Å²) in [5.41, 5.74) is 0. The minimum absolute atomic E-state index is 0.00354. The van der Waals surface area contributed by atoms with Gasteiger partial charge >= 0.3 is 5.97 Å². The molecule has 37 heavy (non-hydrogen) atoms. The van der Waals surface area contributed by atoms with E-state index in [0.717, 1.165) is 25.7 Å². The summed E-state index contributed by atoms with van der Waals surface area (Å²) >= 11 is 0. The molecule has 0 radical (unpaired) electrons. The molecule has 0 fully saturated rings. The SMILES string of the molecule is CCCCC=CC=CC=CCCCCCCCC(=O)OCCCCCCCCCCCCCCCCC. The van der Waals surface area contributed by atoms with E-state index in [2.05, 4.69) is 50.3 Å². The van der Waals surface area contributed by atoms with Crippen LogP contribution in [0.5, 0.6) is 0 Å². The van der Waals surface area contributed by atoms with Crippen LogP contribution in [0.15, 0.2) is 36.5 Å². The zero-order chi connectivity index (χ0) is 26.9. The number of rotatable bonds is 29. The van der Waals surface area contributed by atoms with E-state index in [0.29, 0.717) is 13.0 Å². The minimum Gasteiger partial charge on any atom is -0.466 e. The average Bonchev–Trinajstić information content (AvgIpc) is 2.90. The number of carbonyl (C=O) groups is 1. The Kier molecular flexibility index (Phi) is 31.6. The molecule has 0 spiro atoms. The van der Waals surface area contributed by atoms with Crippen LogP contribution in [0.2, 0.25) is 0 Å². The molecule has 0 rings (SSSR count). The molecule has 0 bridgehead atoms. The third-order valence-corrected chi connectivity index (χ3v) is 7.09. The quantitative estimate of drug-likeness (QED) is 0.0561. The zero-order valence-corrected chi connectivity index (χ0v) is 25.2. The molecule has 0 aromatic rings. The van der Waals surface area contributed by atoms with E-state index in [9.17, 15) is 4.79 Å². The molecule has 0 aliphatic carbocycles. The van der Waals surface area contributed by atoms with Gasteiger partial charge in [-0.2, -0.15) is 0 Å². The average molecular weight is 517 g/mol. The molecule has 2 heteroatoms. The first-order chi connectivity index (χ1) is 18.3. The molecule has 0 saturated heterocycles. The molecule has 216 valence electrons. The van der Waals surface area contributed by atoms with Gasteiger partial charge in [-0.05, 0) is 32.1 Å². The van der Waals surface area contributed by atoms with Gasteiger partial charge in [0, 0.05) is 6.42 Å². The minimum atomic E-state index is 0.00354. The zero-order valence-electron chi connectivity index (χ0n) is 25.2. The van der Waals surface area contributed by atoms with Crippen molar-refractivity contribution in [1.82, 2.24) is 0 Å². The highest BCUT2D eigenvalue weighted by Gasteiger charge is 2.02. The van der Waals surface area contributed by atoms with Gasteiger partial charge < -0.3 is 4.74 Å². The molecular weight excluding hydrogens is 452 g/mol. The van der Waals surface area contributed by atoms with E-state index in [1.54, 1.807) is 0 Å². The Morgan fingerprint density at radius 1 is 0.459 bits per heavy atom. The summed E-state index contributed by atoms with van der Waals surface area (Å²) in [6.07, 6.45) is 44.7. The summed E-state index contributed by atoms with van der Waals surface area (Å²) in [5.74, 6) is 0.00354. The predicted molar refractivity (Wildman–Crippen MR) is 165 cm³/mol. The second-order valence-electron chi connectivity index (χ2n) is 10.9. The second-order valence-corrected chi connectivity index (χ2v) is 10.9. The van der Waals surface area contributed by atoms with Crippen LogP contribution in [-0.2, 0) is 9.53 Å². The first-order valence-corrected chi connectivity index (χ1v) is 16.4. The number of carbonyl (C=O) groups excluding carboxylic acids is 1. The summed E-state index contributed by atoms with van der Waals surface area (Å²) in [6, 6.07) is 0. The van der Waals surface area contributed by atoms with Crippen molar-refractivity contribution in [2.24, 2.45) is 0 Å². The van der Waals surface area contributed by atoms with Gasteiger partial charge in [0.05, 0.1) is 6.61 Å². The fraction of sp³-hybridized carbons (Fsp3) is 0.800. The number of ether oxygens (including phenoxy) is 1. The lowest BCUT2D eigenvalue weighted by Crippen LogP contribution is -2.05. The van der Waals surface area contributed by atoms with Crippen molar-refractivity contribution in [2.75, 3.05) is 6.61 Å². The lowest BCUT2D eigenvalue weighted by atomic mass is 10.0. The van der Waals surface area contributed by atoms with Crippen LogP contribution in [0.4, 0.5) is 0 Å². The van der Waals surface area contributed by atoms with Crippen molar-refractivity contribution < 1.29 is 9.53 Å². The topological polar surface area (TPSA) is 26.3 Å². The third-order valence-electron chi connectivity index (χ3n) is 7.09. The molecule has 0 unspecified atom stereocenters. The van der Waals surface area contributed by atoms with Crippen LogP contribution >= 0.6 is 0 Å². The van der Waals surface area contributed by atoms with Crippen molar-refractivity contribution in [1.29, 1.82) is 0 Å². The molecule has 0 N–H and O–H groups in total. The maximum absolute atomic E-state index is 11.9. The Labute approximate surface area is 232 Å². The van der Waals surface area contributed by atoms with Gasteiger partial charge in [0.2, 0.25) is 0 Å². The predicted octanol–water partition coefficient (Wildman–Crippen LogP) is 12.0. The Hall–Kier alpha value is -1.31. The Morgan fingerprint density at radius 2 is 0.865 bits per heavy atom. The fourth-order valence-electron chi connectivity index (χ4n) is 4.59. The molecule has 0 heterocycles. The lowest BCUT2D eigenvalue weighted by Gasteiger charge is -2.05. The number of hydrogen-bond acceptors (Lipinski definition) is 2. The number of esters is 1. The Morgan fingerprint density at radius 3 is 1.38 bits per heavy atom. The van der Waals surface area contributed by atoms with Gasteiger partial charge in [-0.15, -0.1) is 0 Å². The van der Waals surface area contributed by atoms with E-state index >= 15 is 0 Å². The number of unbranched alkanes of at least 4 members (excludes halogenated alkanes) is 21. The van der Waals surface area contributed by atoms with Crippen LogP contribution in [0.25, 0.3) is 0 Å². The summed E-state index contributed by atoms with van der Waals surface area (Å²) in [6.45, 7) is 5.13. The summed E-state index contributed by atoms with van der Waals surface area (Å²) in [7, 11) is 0. The van der Waals surface area contributed by atoms with Crippen molar-refractivity contribution in [2.45, 2.75) is 174 Å². The second kappa shape index (κ2) is 32.7. The van der Waals surface area contributed by atoms with E-state index in [-0.39, 0.29) is 5.97 Å². The maximum Gasteiger partial charge on any atom is 0.305 e. The van der Waals surface area contributed by atoms with Gasteiger partial charge in [0.25, 0.3) is 0 Å². The van der Waals surface area contributed by atoms with E-state index < -0.39 is 0 Å².